The standard InChI is InChI=1S/C24H22N2O6S/c1-15-25-19(14-33-15)16-3-2-4-18(11-16)26-23(28)13-32-24(29)8-6-20(27)17-5-7-21-22(12-17)31-10-9-30-21/h2-5,7,11-12,14H,6,8-10,13H2,1H3,(H,26,28). The van der Waals surface area contributed by atoms with Crippen LogP contribution >= 0.6 is 11.3 Å². The van der Waals surface area contributed by atoms with Crippen LogP contribution < -0.4 is 14.8 Å². The number of benzene rings is 2. The number of ketones is 1. The van der Waals surface area contributed by atoms with Gasteiger partial charge in [-0.05, 0) is 37.3 Å². The number of carbonyl (C=O) groups excluding carboxylic acids is 3. The average Bonchev–Trinajstić information content (AvgIpc) is 3.27. The van der Waals surface area contributed by atoms with Gasteiger partial charge in [0.15, 0.2) is 23.9 Å². The van der Waals surface area contributed by atoms with Crippen molar-refractivity contribution in [2.45, 2.75) is 19.8 Å². The summed E-state index contributed by atoms with van der Waals surface area (Å²) in [5, 5.41) is 5.61. The minimum absolute atomic E-state index is 0.0325. The van der Waals surface area contributed by atoms with Crippen molar-refractivity contribution in [3.63, 3.8) is 0 Å². The van der Waals surface area contributed by atoms with E-state index in [1.165, 1.54) is 0 Å². The number of fused-ring (bicyclic) bond motifs is 1. The van der Waals surface area contributed by atoms with Crippen LogP contribution in [0, 0.1) is 6.92 Å². The van der Waals surface area contributed by atoms with E-state index in [-0.39, 0.29) is 18.6 Å². The molecule has 1 N–H and O–H groups in total. The SMILES string of the molecule is Cc1nc(-c2cccc(NC(=O)COC(=O)CCC(=O)c3ccc4c(c3)OCCO4)c2)cs1. The number of aromatic nitrogens is 1. The van der Waals surface area contributed by atoms with E-state index in [4.69, 9.17) is 14.2 Å². The molecule has 2 heterocycles. The molecule has 170 valence electrons. The Kier molecular flexibility index (Phi) is 6.99. The van der Waals surface area contributed by atoms with Crippen LogP contribution in [0.5, 0.6) is 11.5 Å². The maximum Gasteiger partial charge on any atom is 0.306 e. The minimum atomic E-state index is -0.622. The topological polar surface area (TPSA) is 104 Å². The first-order valence-corrected chi connectivity index (χ1v) is 11.3. The van der Waals surface area contributed by atoms with E-state index in [9.17, 15) is 14.4 Å². The molecule has 9 heteroatoms. The second-order valence-electron chi connectivity index (χ2n) is 7.32. The first kappa shape index (κ1) is 22.5. The fraction of sp³-hybridized carbons (Fsp3) is 0.250. The van der Waals surface area contributed by atoms with Crippen LogP contribution in [0.25, 0.3) is 11.3 Å². The fourth-order valence-corrected chi connectivity index (χ4v) is 3.87. The second kappa shape index (κ2) is 10.3. The third-order valence-corrected chi connectivity index (χ3v) is 5.62. The molecule has 1 aliphatic rings. The summed E-state index contributed by atoms with van der Waals surface area (Å²) in [5.74, 6) is -0.200. The molecule has 3 aromatic rings. The summed E-state index contributed by atoms with van der Waals surface area (Å²) in [7, 11) is 0. The van der Waals surface area contributed by atoms with Crippen molar-refractivity contribution in [3.8, 4) is 22.8 Å². The molecule has 1 aliphatic heterocycles. The number of rotatable bonds is 8. The van der Waals surface area contributed by atoms with Crippen LogP contribution in [0.1, 0.15) is 28.2 Å². The summed E-state index contributed by atoms with van der Waals surface area (Å²) in [5.41, 5.74) is 2.72. The third kappa shape index (κ3) is 5.95. The normalized spacial score (nSPS) is 12.2. The lowest BCUT2D eigenvalue weighted by Gasteiger charge is -2.18. The van der Waals surface area contributed by atoms with Crippen molar-refractivity contribution in [1.82, 2.24) is 4.98 Å². The number of esters is 1. The zero-order valence-electron chi connectivity index (χ0n) is 18.0. The Hall–Kier alpha value is -3.72. The van der Waals surface area contributed by atoms with Crippen molar-refractivity contribution in [1.29, 1.82) is 0 Å². The average molecular weight is 467 g/mol. The molecule has 0 spiro atoms. The van der Waals surface area contributed by atoms with Gasteiger partial charge in [0.05, 0.1) is 17.1 Å². The number of aryl methyl sites for hydroxylation is 1. The van der Waals surface area contributed by atoms with Crippen LogP contribution in [0.4, 0.5) is 5.69 Å². The Balaban J connectivity index is 1.23. The molecule has 8 nitrogen and oxygen atoms in total. The van der Waals surface area contributed by atoms with Crippen LogP contribution in [-0.2, 0) is 14.3 Å². The first-order chi connectivity index (χ1) is 16.0. The number of hydrogen-bond acceptors (Lipinski definition) is 8. The molecule has 0 atom stereocenters. The number of hydrogen-bond donors (Lipinski definition) is 1. The lowest BCUT2D eigenvalue weighted by atomic mass is 10.1. The third-order valence-electron chi connectivity index (χ3n) is 4.85. The highest BCUT2D eigenvalue weighted by Crippen LogP contribution is 2.31. The van der Waals surface area contributed by atoms with E-state index in [2.05, 4.69) is 10.3 Å². The zero-order valence-corrected chi connectivity index (χ0v) is 18.8. The molecule has 0 radical (unpaired) electrons. The summed E-state index contributed by atoms with van der Waals surface area (Å²) in [6.07, 6.45) is -0.158. The van der Waals surface area contributed by atoms with E-state index in [1.807, 2.05) is 24.4 Å². The number of nitrogens with one attached hydrogen (secondary N) is 1. The number of thiazole rings is 1. The maximum absolute atomic E-state index is 12.4. The molecular weight excluding hydrogens is 444 g/mol. The second-order valence-corrected chi connectivity index (χ2v) is 8.39. The predicted octanol–water partition coefficient (Wildman–Crippen LogP) is 4.03. The van der Waals surface area contributed by atoms with Gasteiger partial charge in [-0.3, -0.25) is 14.4 Å². The molecule has 33 heavy (non-hydrogen) atoms. The Morgan fingerprint density at radius 1 is 1.06 bits per heavy atom. The van der Waals surface area contributed by atoms with Crippen molar-refractivity contribution < 1.29 is 28.6 Å². The van der Waals surface area contributed by atoms with E-state index in [0.717, 1.165) is 16.3 Å². The number of carbonyl (C=O) groups is 3. The summed E-state index contributed by atoms with van der Waals surface area (Å²) in [4.78, 5) is 41.0. The largest absolute Gasteiger partial charge is 0.486 e. The van der Waals surface area contributed by atoms with Gasteiger partial charge in [0.2, 0.25) is 0 Å². The highest BCUT2D eigenvalue weighted by atomic mass is 32.1. The van der Waals surface area contributed by atoms with Crippen LogP contribution in [0.15, 0.2) is 47.8 Å². The summed E-state index contributed by atoms with van der Waals surface area (Å²) < 4.78 is 15.9. The summed E-state index contributed by atoms with van der Waals surface area (Å²) >= 11 is 1.55. The molecule has 1 amide bonds. The Labute approximate surface area is 194 Å². The Morgan fingerprint density at radius 3 is 2.67 bits per heavy atom. The van der Waals surface area contributed by atoms with Gasteiger partial charge in [-0.25, -0.2) is 4.98 Å². The number of ether oxygens (including phenoxy) is 3. The van der Waals surface area contributed by atoms with E-state index in [1.54, 1.807) is 41.7 Å². The highest BCUT2D eigenvalue weighted by Gasteiger charge is 2.17. The Bertz CT molecular complexity index is 1190. The Morgan fingerprint density at radius 2 is 1.88 bits per heavy atom. The van der Waals surface area contributed by atoms with Gasteiger partial charge in [0.25, 0.3) is 5.91 Å². The van der Waals surface area contributed by atoms with Gasteiger partial charge in [-0.1, -0.05) is 12.1 Å². The number of Topliss-reactive ketones (excluding diaryl/α,β-unsaturated/α-hetero) is 1. The van der Waals surface area contributed by atoms with Gasteiger partial charge < -0.3 is 19.5 Å². The summed E-state index contributed by atoms with van der Waals surface area (Å²) in [6.45, 7) is 2.39. The molecule has 2 aromatic carbocycles. The van der Waals surface area contributed by atoms with Gasteiger partial charge in [0, 0.05) is 28.6 Å². The molecule has 0 fully saturated rings. The highest BCUT2D eigenvalue weighted by molar-refractivity contribution is 7.09. The van der Waals surface area contributed by atoms with Crippen LogP contribution in [0.2, 0.25) is 0 Å². The van der Waals surface area contributed by atoms with E-state index < -0.39 is 18.5 Å². The van der Waals surface area contributed by atoms with Gasteiger partial charge in [-0.2, -0.15) is 0 Å². The molecule has 4 rings (SSSR count). The molecule has 0 aliphatic carbocycles. The van der Waals surface area contributed by atoms with Crippen molar-refractivity contribution >= 4 is 34.7 Å². The molecule has 1 aromatic heterocycles. The van der Waals surface area contributed by atoms with Gasteiger partial charge in [0.1, 0.15) is 13.2 Å². The van der Waals surface area contributed by atoms with Crippen molar-refractivity contribution in [2.75, 3.05) is 25.1 Å². The van der Waals surface area contributed by atoms with Crippen LogP contribution in [-0.4, -0.2) is 42.5 Å². The molecule has 0 saturated carbocycles. The van der Waals surface area contributed by atoms with E-state index >= 15 is 0 Å². The molecular formula is C24H22N2O6S. The zero-order chi connectivity index (χ0) is 23.2. The number of nitrogens with zero attached hydrogens (tertiary/aromatic N) is 1. The lowest BCUT2D eigenvalue weighted by molar-refractivity contribution is -0.147. The lowest BCUT2D eigenvalue weighted by Crippen LogP contribution is -2.21. The smallest absolute Gasteiger partial charge is 0.306 e. The van der Waals surface area contributed by atoms with Gasteiger partial charge >= 0.3 is 5.97 Å². The quantitative estimate of drug-likeness (QED) is 0.395. The first-order valence-electron chi connectivity index (χ1n) is 10.4. The molecule has 0 unspecified atom stereocenters. The van der Waals surface area contributed by atoms with Crippen molar-refractivity contribution in [3.05, 3.63) is 58.4 Å². The van der Waals surface area contributed by atoms with E-state index in [0.29, 0.717) is 36.0 Å². The van der Waals surface area contributed by atoms with Crippen LogP contribution in [0.3, 0.4) is 0 Å². The summed E-state index contributed by atoms with van der Waals surface area (Å²) in [6, 6.07) is 12.2. The number of anilines is 1. The minimum Gasteiger partial charge on any atom is -0.486 e. The molecule has 0 saturated heterocycles. The molecule has 0 bridgehead atoms. The van der Waals surface area contributed by atoms with Crippen molar-refractivity contribution in [2.24, 2.45) is 0 Å². The maximum atomic E-state index is 12.4. The van der Waals surface area contributed by atoms with Gasteiger partial charge in [-0.15, -0.1) is 11.3 Å². The number of amides is 1. The fourth-order valence-electron chi connectivity index (χ4n) is 3.24. The predicted molar refractivity (Wildman–Crippen MR) is 123 cm³/mol. The monoisotopic (exact) mass is 466 g/mol.